The third-order valence-electron chi connectivity index (χ3n) is 3.73. The van der Waals surface area contributed by atoms with Gasteiger partial charge in [-0.2, -0.15) is 0 Å². The molecule has 1 aliphatic rings. The number of ether oxygens (including phenoxy) is 1. The van der Waals surface area contributed by atoms with Gasteiger partial charge in [0.25, 0.3) is 0 Å². The van der Waals surface area contributed by atoms with E-state index in [9.17, 15) is 0 Å². The number of hydrogen-bond acceptors (Lipinski definition) is 2. The van der Waals surface area contributed by atoms with Gasteiger partial charge in [-0.1, -0.05) is 24.3 Å². The maximum absolute atomic E-state index is 6.38. The molecular formula is C16H25NO. The summed E-state index contributed by atoms with van der Waals surface area (Å²) in [7, 11) is 0. The summed E-state index contributed by atoms with van der Waals surface area (Å²) in [5.74, 6) is 0.558. The number of aryl methyl sites for hydroxylation is 1. The van der Waals surface area contributed by atoms with Gasteiger partial charge in [0.15, 0.2) is 0 Å². The summed E-state index contributed by atoms with van der Waals surface area (Å²) in [6.45, 7) is 7.11. The molecule has 1 aromatic rings. The molecule has 2 heteroatoms. The van der Waals surface area contributed by atoms with E-state index in [2.05, 4.69) is 45.0 Å². The lowest BCUT2D eigenvalue weighted by Crippen LogP contribution is -2.29. The Labute approximate surface area is 111 Å². The minimum atomic E-state index is -0.0450. The summed E-state index contributed by atoms with van der Waals surface area (Å²) in [6, 6.07) is 8.76. The molecule has 100 valence electrons. The Hall–Kier alpha value is -0.860. The van der Waals surface area contributed by atoms with Gasteiger partial charge in [0.2, 0.25) is 0 Å². The van der Waals surface area contributed by atoms with Crippen LogP contribution in [0.25, 0.3) is 0 Å². The standard InChI is InChI=1S/C16H25NO/c1-16(2,3)18-11-10-13-9-8-12-6-4-5-7-14(12)15(13)17/h4-7,13,15H,8-11,17H2,1-3H3. The highest BCUT2D eigenvalue weighted by molar-refractivity contribution is 5.32. The Morgan fingerprint density at radius 3 is 2.72 bits per heavy atom. The van der Waals surface area contributed by atoms with E-state index in [1.54, 1.807) is 0 Å². The molecule has 2 atom stereocenters. The number of hydrogen-bond donors (Lipinski definition) is 1. The zero-order valence-corrected chi connectivity index (χ0v) is 11.8. The molecule has 0 radical (unpaired) electrons. The van der Waals surface area contributed by atoms with Gasteiger partial charge in [0.05, 0.1) is 5.60 Å². The van der Waals surface area contributed by atoms with E-state index in [1.807, 2.05) is 0 Å². The van der Waals surface area contributed by atoms with E-state index in [0.717, 1.165) is 19.4 Å². The first kappa shape index (κ1) is 13.6. The maximum Gasteiger partial charge on any atom is 0.0598 e. The fourth-order valence-electron chi connectivity index (χ4n) is 2.70. The van der Waals surface area contributed by atoms with Crippen molar-refractivity contribution in [3.8, 4) is 0 Å². The Morgan fingerprint density at radius 2 is 2.00 bits per heavy atom. The average Bonchev–Trinajstić information content (AvgIpc) is 2.31. The number of fused-ring (bicyclic) bond motifs is 1. The van der Waals surface area contributed by atoms with Crippen LogP contribution in [-0.4, -0.2) is 12.2 Å². The highest BCUT2D eigenvalue weighted by Gasteiger charge is 2.26. The van der Waals surface area contributed by atoms with Gasteiger partial charge in [0, 0.05) is 12.6 Å². The molecule has 0 aliphatic heterocycles. The second kappa shape index (κ2) is 5.41. The van der Waals surface area contributed by atoms with Crippen LogP contribution in [-0.2, 0) is 11.2 Å². The molecule has 2 N–H and O–H groups in total. The van der Waals surface area contributed by atoms with Crippen molar-refractivity contribution in [1.29, 1.82) is 0 Å². The topological polar surface area (TPSA) is 35.2 Å². The molecule has 2 rings (SSSR count). The van der Waals surface area contributed by atoms with Crippen molar-refractivity contribution in [2.45, 2.75) is 51.7 Å². The molecule has 18 heavy (non-hydrogen) atoms. The SMILES string of the molecule is CC(C)(C)OCCC1CCc2ccccc2C1N. The fraction of sp³-hybridized carbons (Fsp3) is 0.625. The molecule has 0 aromatic heterocycles. The van der Waals surface area contributed by atoms with Crippen molar-refractivity contribution in [2.24, 2.45) is 11.7 Å². The van der Waals surface area contributed by atoms with E-state index >= 15 is 0 Å². The summed E-state index contributed by atoms with van der Waals surface area (Å²) in [5, 5.41) is 0. The third kappa shape index (κ3) is 3.33. The minimum absolute atomic E-state index is 0.0450. The van der Waals surface area contributed by atoms with Gasteiger partial charge in [0.1, 0.15) is 0 Å². The van der Waals surface area contributed by atoms with Crippen molar-refractivity contribution in [3.05, 3.63) is 35.4 Å². The normalized spacial score (nSPS) is 23.8. The van der Waals surface area contributed by atoms with Crippen LogP contribution in [0.2, 0.25) is 0 Å². The van der Waals surface area contributed by atoms with E-state index in [4.69, 9.17) is 10.5 Å². The van der Waals surface area contributed by atoms with Gasteiger partial charge in [-0.15, -0.1) is 0 Å². The Kier molecular flexibility index (Phi) is 4.08. The Morgan fingerprint density at radius 1 is 1.28 bits per heavy atom. The summed E-state index contributed by atoms with van der Waals surface area (Å²) in [4.78, 5) is 0. The Balaban J connectivity index is 1.93. The molecule has 1 aromatic carbocycles. The molecular weight excluding hydrogens is 222 g/mol. The Bertz CT molecular complexity index is 394. The van der Waals surface area contributed by atoms with E-state index < -0.39 is 0 Å². The largest absolute Gasteiger partial charge is 0.376 e. The maximum atomic E-state index is 6.38. The quantitative estimate of drug-likeness (QED) is 0.888. The van der Waals surface area contributed by atoms with Gasteiger partial charge < -0.3 is 10.5 Å². The molecule has 0 bridgehead atoms. The summed E-state index contributed by atoms with van der Waals surface area (Å²) >= 11 is 0. The molecule has 0 saturated carbocycles. The number of rotatable bonds is 3. The summed E-state index contributed by atoms with van der Waals surface area (Å²) in [5.41, 5.74) is 9.11. The van der Waals surface area contributed by atoms with Crippen molar-refractivity contribution in [3.63, 3.8) is 0 Å². The lowest BCUT2D eigenvalue weighted by Gasteiger charge is -2.32. The lowest BCUT2D eigenvalue weighted by molar-refractivity contribution is -0.0113. The monoisotopic (exact) mass is 247 g/mol. The van der Waals surface area contributed by atoms with Crippen LogP contribution >= 0.6 is 0 Å². The van der Waals surface area contributed by atoms with Crippen LogP contribution in [0.15, 0.2) is 24.3 Å². The molecule has 0 saturated heterocycles. The first-order chi connectivity index (χ1) is 8.47. The second-order valence-electron chi connectivity index (χ2n) is 6.27. The van der Waals surface area contributed by atoms with Crippen molar-refractivity contribution >= 4 is 0 Å². The van der Waals surface area contributed by atoms with Crippen LogP contribution in [0.4, 0.5) is 0 Å². The molecule has 2 unspecified atom stereocenters. The smallest absolute Gasteiger partial charge is 0.0598 e. The zero-order chi connectivity index (χ0) is 13.2. The average molecular weight is 247 g/mol. The van der Waals surface area contributed by atoms with Crippen molar-refractivity contribution in [1.82, 2.24) is 0 Å². The molecule has 2 nitrogen and oxygen atoms in total. The van der Waals surface area contributed by atoms with Gasteiger partial charge in [-0.25, -0.2) is 0 Å². The van der Waals surface area contributed by atoms with Gasteiger partial charge >= 0.3 is 0 Å². The minimum Gasteiger partial charge on any atom is -0.376 e. The number of nitrogens with two attached hydrogens (primary N) is 1. The molecule has 1 aliphatic carbocycles. The van der Waals surface area contributed by atoms with Gasteiger partial charge in [-0.05, 0) is 57.1 Å². The molecule has 0 amide bonds. The first-order valence-electron chi connectivity index (χ1n) is 6.95. The van der Waals surface area contributed by atoms with Crippen molar-refractivity contribution < 1.29 is 4.74 Å². The van der Waals surface area contributed by atoms with Crippen LogP contribution in [0.3, 0.4) is 0 Å². The predicted molar refractivity (Wildman–Crippen MR) is 75.5 cm³/mol. The highest BCUT2D eigenvalue weighted by Crippen LogP contribution is 2.34. The fourth-order valence-corrected chi connectivity index (χ4v) is 2.70. The summed E-state index contributed by atoms with van der Waals surface area (Å²) < 4.78 is 5.81. The van der Waals surface area contributed by atoms with E-state index in [-0.39, 0.29) is 11.6 Å². The van der Waals surface area contributed by atoms with E-state index in [0.29, 0.717) is 5.92 Å². The van der Waals surface area contributed by atoms with E-state index in [1.165, 1.54) is 17.5 Å². The predicted octanol–water partition coefficient (Wildman–Crippen LogP) is 3.45. The molecule has 0 fully saturated rings. The van der Waals surface area contributed by atoms with Crippen molar-refractivity contribution in [2.75, 3.05) is 6.61 Å². The zero-order valence-electron chi connectivity index (χ0n) is 11.8. The van der Waals surface area contributed by atoms with Crippen LogP contribution in [0.1, 0.15) is 50.8 Å². The van der Waals surface area contributed by atoms with Crippen LogP contribution in [0, 0.1) is 5.92 Å². The lowest BCUT2D eigenvalue weighted by atomic mass is 9.79. The van der Waals surface area contributed by atoms with Crippen LogP contribution < -0.4 is 5.73 Å². The molecule has 0 heterocycles. The summed E-state index contributed by atoms with van der Waals surface area (Å²) in [6.07, 6.45) is 3.41. The number of benzene rings is 1. The second-order valence-corrected chi connectivity index (χ2v) is 6.27. The molecule has 0 spiro atoms. The first-order valence-corrected chi connectivity index (χ1v) is 6.95. The third-order valence-corrected chi connectivity index (χ3v) is 3.73. The van der Waals surface area contributed by atoms with Crippen LogP contribution in [0.5, 0.6) is 0 Å². The highest BCUT2D eigenvalue weighted by atomic mass is 16.5. The van der Waals surface area contributed by atoms with Gasteiger partial charge in [-0.3, -0.25) is 0 Å².